The lowest BCUT2D eigenvalue weighted by Crippen LogP contribution is -1.96. The van der Waals surface area contributed by atoms with E-state index in [1.807, 2.05) is 13.8 Å². The Morgan fingerprint density at radius 1 is 1.44 bits per heavy atom. The zero-order valence-electron chi connectivity index (χ0n) is 5.52. The maximum atomic E-state index is 8.53. The fourth-order valence-electron chi connectivity index (χ4n) is 0.346. The van der Waals surface area contributed by atoms with Gasteiger partial charge >= 0.3 is 0 Å². The molecule has 1 unspecified atom stereocenters. The maximum Gasteiger partial charge on any atom is 0.274 e. The Balaban J connectivity index is 3.96. The summed E-state index contributed by atoms with van der Waals surface area (Å²) in [5, 5.41) is 0.165. The van der Waals surface area contributed by atoms with Crippen molar-refractivity contribution in [2.24, 2.45) is 0 Å². The average molecular weight is 172 g/mol. The molecule has 9 heavy (non-hydrogen) atoms. The Bertz CT molecular complexity index is 122. The molecular formula is C4H13O3PS. The van der Waals surface area contributed by atoms with Crippen LogP contribution in [-0.4, -0.2) is 19.9 Å². The monoisotopic (exact) mass is 172 g/mol. The molecule has 0 heterocycles. The van der Waals surface area contributed by atoms with Gasteiger partial charge in [-0.3, -0.25) is 0 Å². The summed E-state index contributed by atoms with van der Waals surface area (Å²) in [5.74, 6) is 0. The Morgan fingerprint density at radius 3 is 2.00 bits per heavy atom. The molecule has 1 atom stereocenters. The van der Waals surface area contributed by atoms with Crippen molar-refractivity contribution in [2.75, 3.05) is 0 Å². The van der Waals surface area contributed by atoms with E-state index < -0.39 is 6.72 Å². The molecule has 0 spiro atoms. The molecule has 0 saturated heterocycles. The normalized spacial score (nSPS) is 15.7. The van der Waals surface area contributed by atoms with E-state index in [4.69, 9.17) is 14.7 Å². The molecule has 3 nitrogen and oxygen atoms in total. The van der Waals surface area contributed by atoms with Crippen LogP contribution < -0.4 is 0 Å². The number of hydrogen-bond acceptors (Lipinski definition) is 0. The molecule has 0 saturated carbocycles. The quantitative estimate of drug-likeness (QED) is 0.357. The van der Waals surface area contributed by atoms with E-state index in [1.165, 1.54) is 0 Å². The van der Waals surface area contributed by atoms with E-state index in [0.29, 0.717) is 10.9 Å². The fraction of sp³-hybridized carbons (Fsp3) is 1.00. The summed E-state index contributed by atoms with van der Waals surface area (Å²) in [7, 11) is 0.364. The minimum Gasteiger partial charge on any atom is -0.329 e. The second-order valence-corrected chi connectivity index (χ2v) is 6.40. The lowest BCUT2D eigenvalue weighted by atomic mass is 10.4. The molecule has 0 amide bonds. The van der Waals surface area contributed by atoms with Gasteiger partial charge in [0.2, 0.25) is 0 Å². The first kappa shape index (κ1) is 9.66. The Morgan fingerprint density at radius 2 is 1.89 bits per heavy atom. The second kappa shape index (κ2) is 3.74. The Labute approximate surface area is 58.6 Å². The molecule has 0 bridgehead atoms. The van der Waals surface area contributed by atoms with Crippen molar-refractivity contribution in [3.63, 3.8) is 0 Å². The third-order valence-corrected chi connectivity index (χ3v) is 4.12. The van der Waals surface area contributed by atoms with Crippen LogP contribution in [0.5, 0.6) is 0 Å². The summed E-state index contributed by atoms with van der Waals surface area (Å²) in [6, 6.07) is 0. The van der Waals surface area contributed by atoms with Crippen molar-refractivity contribution >= 4 is 17.7 Å². The number of thiol groups is 1. The molecule has 3 N–H and O–H groups in total. The van der Waals surface area contributed by atoms with Crippen LogP contribution in [0.15, 0.2) is 0 Å². The van der Waals surface area contributed by atoms with Crippen molar-refractivity contribution < 1.29 is 14.7 Å². The van der Waals surface area contributed by atoms with E-state index in [9.17, 15) is 0 Å². The van der Waals surface area contributed by atoms with E-state index in [0.717, 1.165) is 6.42 Å². The smallest absolute Gasteiger partial charge is 0.274 e. The van der Waals surface area contributed by atoms with Crippen molar-refractivity contribution in [2.45, 2.75) is 25.5 Å². The van der Waals surface area contributed by atoms with Crippen LogP contribution in [0.4, 0.5) is 0 Å². The van der Waals surface area contributed by atoms with E-state index in [-0.39, 0.29) is 5.25 Å². The first-order valence-electron chi connectivity index (χ1n) is 2.75. The lowest BCUT2D eigenvalue weighted by molar-refractivity contribution is 0.363. The van der Waals surface area contributed by atoms with Crippen molar-refractivity contribution in [1.82, 2.24) is 0 Å². The topological polar surface area (TPSA) is 60.7 Å². The molecule has 5 heteroatoms. The van der Waals surface area contributed by atoms with Gasteiger partial charge in [0.15, 0.2) is 0 Å². The van der Waals surface area contributed by atoms with Gasteiger partial charge in [-0.1, -0.05) is 13.8 Å². The van der Waals surface area contributed by atoms with Gasteiger partial charge < -0.3 is 14.7 Å². The van der Waals surface area contributed by atoms with Crippen LogP contribution >= 0.6 is 6.72 Å². The summed E-state index contributed by atoms with van der Waals surface area (Å²) in [4.78, 5) is 25.6. The van der Waals surface area contributed by atoms with Crippen molar-refractivity contribution in [1.29, 1.82) is 0 Å². The van der Waals surface area contributed by atoms with Crippen LogP contribution in [0.3, 0.4) is 0 Å². The zero-order valence-corrected chi connectivity index (χ0v) is 7.31. The highest BCUT2D eigenvalue weighted by atomic mass is 32.5. The van der Waals surface area contributed by atoms with Crippen LogP contribution in [0.1, 0.15) is 20.3 Å². The standard InChI is InChI=1S/C4H13O3PS/c1-3-4(2)9-8(5,6)7/h4-7,9H,3H2,1-2H3. The number of rotatable bonds is 2. The summed E-state index contributed by atoms with van der Waals surface area (Å²) in [6.45, 7) is 0.282. The highest BCUT2D eigenvalue weighted by molar-refractivity contribution is 8.16. The minimum absolute atomic E-state index is 0.165. The molecule has 0 aliphatic heterocycles. The average Bonchev–Trinajstić information content (AvgIpc) is 1.62. The first-order chi connectivity index (χ1) is 3.95. The SMILES string of the molecule is CCC(C)[SH]=P(O)(O)O. The second-order valence-electron chi connectivity index (χ2n) is 1.91. The fourth-order valence-corrected chi connectivity index (χ4v) is 3.12. The molecule has 0 aliphatic rings. The van der Waals surface area contributed by atoms with Crippen LogP contribution in [0, 0.1) is 0 Å². The Kier molecular flexibility index (Phi) is 4.01. The van der Waals surface area contributed by atoms with Gasteiger partial charge in [0.05, 0.1) is 0 Å². The molecule has 0 aromatic carbocycles. The largest absolute Gasteiger partial charge is 0.329 e. The van der Waals surface area contributed by atoms with Crippen LogP contribution in [-0.2, 0) is 10.9 Å². The van der Waals surface area contributed by atoms with E-state index >= 15 is 0 Å². The summed E-state index contributed by atoms with van der Waals surface area (Å²) >= 11 is 0. The number of hydrogen-bond donors (Lipinski definition) is 4. The minimum atomic E-state index is -3.52. The zero-order chi connectivity index (χ0) is 7.49. The van der Waals surface area contributed by atoms with Crippen LogP contribution in [0.25, 0.3) is 0 Å². The van der Waals surface area contributed by atoms with Gasteiger partial charge in [-0.05, 0) is 11.7 Å². The van der Waals surface area contributed by atoms with Crippen molar-refractivity contribution in [3.8, 4) is 0 Å². The predicted molar refractivity (Wildman–Crippen MR) is 42.1 cm³/mol. The van der Waals surface area contributed by atoms with Gasteiger partial charge in [0, 0.05) is 0 Å². The van der Waals surface area contributed by atoms with Gasteiger partial charge in [-0.15, -0.1) is 10.9 Å². The van der Waals surface area contributed by atoms with Crippen molar-refractivity contribution in [3.05, 3.63) is 0 Å². The molecule has 0 aliphatic carbocycles. The highest BCUT2D eigenvalue weighted by Gasteiger charge is 2.03. The molecule has 0 rings (SSSR count). The van der Waals surface area contributed by atoms with E-state index in [1.54, 1.807) is 0 Å². The molecule has 0 radical (unpaired) electrons. The van der Waals surface area contributed by atoms with E-state index in [2.05, 4.69) is 0 Å². The maximum absolute atomic E-state index is 8.53. The van der Waals surface area contributed by atoms with Gasteiger partial charge in [0.1, 0.15) is 0 Å². The third-order valence-electron chi connectivity index (χ3n) is 0.943. The molecule has 0 aromatic rings. The lowest BCUT2D eigenvalue weighted by Gasteiger charge is -2.06. The highest BCUT2D eigenvalue weighted by Crippen LogP contribution is 2.32. The molecule has 0 fully saturated rings. The molecular weight excluding hydrogens is 159 g/mol. The summed E-state index contributed by atoms with van der Waals surface area (Å²) < 4.78 is 0. The van der Waals surface area contributed by atoms with Gasteiger partial charge in [0.25, 0.3) is 6.72 Å². The molecule has 58 valence electrons. The Hall–Kier alpha value is 0.660. The van der Waals surface area contributed by atoms with Gasteiger partial charge in [-0.25, -0.2) is 0 Å². The van der Waals surface area contributed by atoms with Crippen LogP contribution in [0.2, 0.25) is 0 Å². The summed E-state index contributed by atoms with van der Waals surface area (Å²) in [6.07, 6.45) is 0.852. The van der Waals surface area contributed by atoms with Gasteiger partial charge in [-0.2, -0.15) is 0 Å². The summed E-state index contributed by atoms with van der Waals surface area (Å²) in [5.41, 5.74) is 0. The molecule has 0 aromatic heterocycles. The predicted octanol–water partition coefficient (Wildman–Crippen LogP) is 0.254. The first-order valence-corrected chi connectivity index (χ1v) is 6.07. The third kappa shape index (κ3) is 6.55.